The molecule has 3 rings (SSSR count). The summed E-state index contributed by atoms with van der Waals surface area (Å²) >= 11 is 1.42. The predicted molar refractivity (Wildman–Crippen MR) is 106 cm³/mol. The Morgan fingerprint density at radius 2 is 1.96 bits per heavy atom. The Morgan fingerprint density at radius 1 is 1.19 bits per heavy atom. The van der Waals surface area contributed by atoms with Gasteiger partial charge in [0, 0.05) is 17.6 Å². The van der Waals surface area contributed by atoms with Crippen LogP contribution in [0.4, 0.5) is 0 Å². The third-order valence-electron chi connectivity index (χ3n) is 4.23. The van der Waals surface area contributed by atoms with Crippen LogP contribution in [0.3, 0.4) is 0 Å². The zero-order valence-corrected chi connectivity index (χ0v) is 16.3. The Hall–Kier alpha value is -2.51. The highest BCUT2D eigenvalue weighted by Gasteiger charge is 2.15. The monoisotopic (exact) mass is 386 g/mol. The average Bonchev–Trinajstić information content (AvgIpc) is 3.12. The molecule has 2 heterocycles. The quantitative estimate of drug-likeness (QED) is 0.439. The van der Waals surface area contributed by atoms with Gasteiger partial charge in [-0.3, -0.25) is 14.2 Å². The van der Waals surface area contributed by atoms with Crippen LogP contribution in [0.15, 0.2) is 40.8 Å². The molecule has 1 aromatic carbocycles. The summed E-state index contributed by atoms with van der Waals surface area (Å²) in [5, 5.41) is 2.47. The lowest BCUT2D eigenvalue weighted by molar-refractivity contribution is -0.145. The van der Waals surface area contributed by atoms with Gasteiger partial charge in [-0.25, -0.2) is 4.98 Å². The van der Waals surface area contributed by atoms with E-state index in [9.17, 15) is 9.59 Å². The maximum atomic E-state index is 12.9. The minimum absolute atomic E-state index is 0.169. The Kier molecular flexibility index (Phi) is 6.36. The number of nitrogens with zero attached hydrogens (tertiary/aromatic N) is 2. The summed E-state index contributed by atoms with van der Waals surface area (Å²) in [6, 6.07) is 8.14. The third-order valence-corrected chi connectivity index (χ3v) is 5.11. The molecule has 2 aromatic heterocycles. The minimum atomic E-state index is -0.484. The van der Waals surface area contributed by atoms with E-state index in [1.807, 2.05) is 24.4 Å². The average molecular weight is 386 g/mol. The van der Waals surface area contributed by atoms with Crippen molar-refractivity contribution in [3.63, 3.8) is 0 Å². The molecule has 7 heteroatoms. The van der Waals surface area contributed by atoms with Crippen molar-refractivity contribution in [2.45, 2.75) is 26.8 Å². The van der Waals surface area contributed by atoms with Crippen LogP contribution in [-0.2, 0) is 27.2 Å². The fourth-order valence-corrected chi connectivity index (χ4v) is 3.66. The van der Waals surface area contributed by atoms with Crippen molar-refractivity contribution in [1.82, 2.24) is 9.55 Å². The Balaban J connectivity index is 1.85. The van der Waals surface area contributed by atoms with Crippen molar-refractivity contribution in [3.05, 3.63) is 51.9 Å². The number of aryl methyl sites for hydroxylation is 1. The van der Waals surface area contributed by atoms with E-state index >= 15 is 0 Å². The largest absolute Gasteiger partial charge is 0.462 e. The van der Waals surface area contributed by atoms with Gasteiger partial charge >= 0.3 is 5.97 Å². The maximum absolute atomic E-state index is 12.9. The van der Waals surface area contributed by atoms with Gasteiger partial charge in [0.2, 0.25) is 0 Å². The highest BCUT2D eigenvalue weighted by molar-refractivity contribution is 7.17. The number of hydrogen-bond donors (Lipinski definition) is 0. The van der Waals surface area contributed by atoms with Crippen LogP contribution in [0.5, 0.6) is 0 Å². The van der Waals surface area contributed by atoms with Crippen molar-refractivity contribution in [1.29, 1.82) is 0 Å². The number of esters is 1. The van der Waals surface area contributed by atoms with Gasteiger partial charge in [0.05, 0.1) is 18.3 Å². The summed E-state index contributed by atoms with van der Waals surface area (Å²) in [7, 11) is 0. The molecule has 27 heavy (non-hydrogen) atoms. The van der Waals surface area contributed by atoms with E-state index in [4.69, 9.17) is 9.47 Å². The molecule has 3 aromatic rings. The van der Waals surface area contributed by atoms with E-state index in [0.717, 1.165) is 17.5 Å². The van der Waals surface area contributed by atoms with E-state index in [-0.39, 0.29) is 18.7 Å². The molecule has 0 fully saturated rings. The molecular weight excluding hydrogens is 364 g/mol. The smallest absolute Gasteiger partial charge is 0.326 e. The van der Waals surface area contributed by atoms with Gasteiger partial charge in [-0.15, -0.1) is 11.3 Å². The van der Waals surface area contributed by atoms with Gasteiger partial charge in [-0.05, 0) is 24.5 Å². The van der Waals surface area contributed by atoms with E-state index in [1.165, 1.54) is 27.8 Å². The summed E-state index contributed by atoms with van der Waals surface area (Å²) in [5.74, 6) is -0.484. The fourth-order valence-electron chi connectivity index (χ4n) is 2.76. The van der Waals surface area contributed by atoms with Gasteiger partial charge in [-0.2, -0.15) is 0 Å². The highest BCUT2D eigenvalue weighted by Crippen LogP contribution is 2.30. The Bertz CT molecular complexity index is 976. The molecule has 0 aliphatic carbocycles. The molecular formula is C20H22N2O4S. The van der Waals surface area contributed by atoms with E-state index in [0.29, 0.717) is 23.4 Å². The second kappa shape index (κ2) is 8.92. The third kappa shape index (κ3) is 4.43. The zero-order valence-electron chi connectivity index (χ0n) is 15.4. The van der Waals surface area contributed by atoms with Gasteiger partial charge in [0.25, 0.3) is 5.56 Å². The number of ether oxygens (including phenoxy) is 2. The number of rotatable bonds is 8. The topological polar surface area (TPSA) is 70.4 Å². The van der Waals surface area contributed by atoms with Crippen LogP contribution < -0.4 is 5.56 Å². The zero-order chi connectivity index (χ0) is 19.2. The van der Waals surface area contributed by atoms with Crippen molar-refractivity contribution in [3.8, 4) is 11.1 Å². The van der Waals surface area contributed by atoms with Gasteiger partial charge < -0.3 is 9.47 Å². The lowest BCUT2D eigenvalue weighted by atomic mass is 10.0. The molecule has 0 saturated carbocycles. The number of fused-ring (bicyclic) bond motifs is 1. The normalized spacial score (nSPS) is 11.0. The van der Waals surface area contributed by atoms with E-state index in [1.54, 1.807) is 0 Å². The second-order valence-corrected chi connectivity index (χ2v) is 6.83. The molecule has 0 aliphatic heterocycles. The molecule has 0 aliphatic rings. The van der Waals surface area contributed by atoms with Crippen LogP contribution in [-0.4, -0.2) is 35.3 Å². The molecule has 0 spiro atoms. The van der Waals surface area contributed by atoms with Crippen LogP contribution >= 0.6 is 11.3 Å². The molecule has 0 bridgehead atoms. The van der Waals surface area contributed by atoms with Gasteiger partial charge in [0.15, 0.2) is 0 Å². The second-order valence-electron chi connectivity index (χ2n) is 5.98. The number of hydrogen-bond acceptors (Lipinski definition) is 6. The van der Waals surface area contributed by atoms with Crippen molar-refractivity contribution < 1.29 is 14.3 Å². The Morgan fingerprint density at radius 3 is 2.67 bits per heavy atom. The number of aromatic nitrogens is 2. The number of benzene rings is 1. The molecule has 0 saturated heterocycles. The van der Waals surface area contributed by atoms with Crippen molar-refractivity contribution >= 4 is 27.5 Å². The molecule has 0 unspecified atom stereocenters. The lowest BCUT2D eigenvalue weighted by Gasteiger charge is -2.07. The predicted octanol–water partition coefficient (Wildman–Crippen LogP) is 3.27. The minimum Gasteiger partial charge on any atom is -0.462 e. The Labute approximate surface area is 161 Å². The number of carbonyl (C=O) groups is 1. The molecule has 0 amide bonds. The van der Waals surface area contributed by atoms with E-state index < -0.39 is 5.97 Å². The molecule has 0 atom stereocenters. The summed E-state index contributed by atoms with van der Waals surface area (Å²) in [5.41, 5.74) is 2.81. The SMILES string of the molecule is CCOCCOC(=O)Cn1cnc2scc(-c3ccc(CC)cc3)c2c1=O. The van der Waals surface area contributed by atoms with Crippen LogP contribution in [0.1, 0.15) is 19.4 Å². The molecule has 6 nitrogen and oxygen atoms in total. The van der Waals surface area contributed by atoms with Gasteiger partial charge in [-0.1, -0.05) is 31.2 Å². The standard InChI is InChI=1S/C20H22N2O4S/c1-3-14-5-7-15(8-6-14)16-12-27-19-18(16)20(24)22(13-21-19)11-17(23)26-10-9-25-4-2/h5-8,12-13H,3-4,9-11H2,1-2H3. The number of carbonyl (C=O) groups excluding carboxylic acids is 1. The van der Waals surface area contributed by atoms with Gasteiger partial charge in [0.1, 0.15) is 18.0 Å². The molecule has 142 valence electrons. The maximum Gasteiger partial charge on any atom is 0.326 e. The van der Waals surface area contributed by atoms with E-state index in [2.05, 4.69) is 24.0 Å². The molecule has 0 radical (unpaired) electrons. The lowest BCUT2D eigenvalue weighted by Crippen LogP contribution is -2.26. The first-order valence-electron chi connectivity index (χ1n) is 8.93. The van der Waals surface area contributed by atoms with Crippen molar-refractivity contribution in [2.75, 3.05) is 19.8 Å². The van der Waals surface area contributed by atoms with Crippen LogP contribution in [0.2, 0.25) is 0 Å². The summed E-state index contributed by atoms with van der Waals surface area (Å²) < 4.78 is 11.5. The summed E-state index contributed by atoms with van der Waals surface area (Å²) in [6.07, 6.45) is 2.36. The molecule has 0 N–H and O–H groups in total. The number of thiophene rings is 1. The van der Waals surface area contributed by atoms with Crippen LogP contribution in [0, 0.1) is 0 Å². The summed E-state index contributed by atoms with van der Waals surface area (Å²) in [4.78, 5) is 29.9. The summed E-state index contributed by atoms with van der Waals surface area (Å²) in [6.45, 7) is 4.89. The first kappa shape index (κ1) is 19.3. The first-order valence-corrected chi connectivity index (χ1v) is 9.81. The highest BCUT2D eigenvalue weighted by atomic mass is 32.1. The first-order chi connectivity index (χ1) is 13.1. The fraction of sp³-hybridized carbons (Fsp3) is 0.350. The van der Waals surface area contributed by atoms with Crippen LogP contribution in [0.25, 0.3) is 21.3 Å². The van der Waals surface area contributed by atoms with Crippen molar-refractivity contribution in [2.24, 2.45) is 0 Å².